The van der Waals surface area contributed by atoms with Crippen LogP contribution in [-0.4, -0.2) is 37.7 Å². The van der Waals surface area contributed by atoms with Crippen LogP contribution in [0.15, 0.2) is 36.4 Å². The zero-order chi connectivity index (χ0) is 15.2. The molecule has 1 saturated heterocycles. The number of rotatable bonds is 5. The number of hydrogen-bond acceptors (Lipinski definition) is 2. The normalized spacial score (nSPS) is 18.5. The van der Waals surface area contributed by atoms with Crippen LogP contribution < -0.4 is 0 Å². The van der Waals surface area contributed by atoms with Crippen molar-refractivity contribution in [2.45, 2.75) is 26.2 Å². The maximum Gasteiger partial charge on any atom is 0.0593 e. The van der Waals surface area contributed by atoms with Crippen molar-refractivity contribution in [2.24, 2.45) is 5.92 Å². The zero-order valence-electron chi connectivity index (χ0n) is 13.1. The second-order valence-corrected chi connectivity index (χ2v) is 6.54. The van der Waals surface area contributed by atoms with Crippen LogP contribution in [0.5, 0.6) is 0 Å². The monoisotopic (exact) mass is 307 g/mol. The van der Waals surface area contributed by atoms with Crippen molar-refractivity contribution in [1.82, 2.24) is 4.90 Å². The molecule has 0 spiro atoms. The highest BCUT2D eigenvalue weighted by atomic mass is 35.5. The van der Waals surface area contributed by atoms with Crippen LogP contribution in [0.1, 0.15) is 31.7 Å². The summed E-state index contributed by atoms with van der Waals surface area (Å²) in [7, 11) is 0. The Kier molecular flexibility index (Phi) is 6.28. The van der Waals surface area contributed by atoms with Crippen LogP contribution in [0.2, 0.25) is 5.02 Å². The lowest BCUT2D eigenvalue weighted by atomic mass is 9.85. The largest absolute Gasteiger partial charge is 0.380 e. The number of hydrogen-bond donors (Lipinski definition) is 0. The van der Waals surface area contributed by atoms with Gasteiger partial charge in [-0.1, -0.05) is 49.7 Å². The summed E-state index contributed by atoms with van der Waals surface area (Å²) in [5.74, 6) is 0.842. The number of halogens is 1. The van der Waals surface area contributed by atoms with Gasteiger partial charge in [0.25, 0.3) is 0 Å². The maximum atomic E-state index is 6.02. The molecule has 116 valence electrons. The standard InChI is InChI=1S/C18H26ClNO/c1-14(2)15(3)18(16-5-7-17(19)8-6-16)13-20-9-4-11-21-12-10-20/h5-8,14,18H,3-4,9-13H2,1-2H3/t18-/m1/s1. The summed E-state index contributed by atoms with van der Waals surface area (Å²) in [6.07, 6.45) is 1.11. The van der Waals surface area contributed by atoms with E-state index in [4.69, 9.17) is 16.3 Å². The summed E-state index contributed by atoms with van der Waals surface area (Å²) in [6.45, 7) is 13.6. The highest BCUT2D eigenvalue weighted by molar-refractivity contribution is 6.30. The van der Waals surface area contributed by atoms with Gasteiger partial charge in [0.1, 0.15) is 0 Å². The van der Waals surface area contributed by atoms with Crippen LogP contribution >= 0.6 is 11.6 Å². The molecule has 1 heterocycles. The molecule has 21 heavy (non-hydrogen) atoms. The highest BCUT2D eigenvalue weighted by Crippen LogP contribution is 2.30. The fourth-order valence-electron chi connectivity index (χ4n) is 2.77. The molecule has 0 amide bonds. The first kappa shape index (κ1) is 16.5. The van der Waals surface area contributed by atoms with Crippen LogP contribution in [0.4, 0.5) is 0 Å². The first-order valence-corrected chi connectivity index (χ1v) is 8.20. The Morgan fingerprint density at radius 3 is 2.62 bits per heavy atom. The highest BCUT2D eigenvalue weighted by Gasteiger charge is 2.21. The average molecular weight is 308 g/mol. The molecule has 2 rings (SSSR count). The Labute approximate surface area is 133 Å². The lowest BCUT2D eigenvalue weighted by Gasteiger charge is -2.29. The molecule has 0 aromatic heterocycles. The van der Waals surface area contributed by atoms with Gasteiger partial charge < -0.3 is 9.64 Å². The Bertz CT molecular complexity index is 447. The molecule has 1 aromatic rings. The summed E-state index contributed by atoms with van der Waals surface area (Å²) < 4.78 is 5.55. The van der Waals surface area contributed by atoms with Gasteiger partial charge in [-0.3, -0.25) is 0 Å². The lowest BCUT2D eigenvalue weighted by molar-refractivity contribution is 0.140. The molecule has 0 saturated carbocycles. The van der Waals surface area contributed by atoms with Crippen LogP contribution in [0.3, 0.4) is 0 Å². The molecule has 1 fully saturated rings. The minimum absolute atomic E-state index is 0.361. The summed E-state index contributed by atoms with van der Waals surface area (Å²) in [5.41, 5.74) is 2.60. The second kappa shape index (κ2) is 7.98. The molecule has 0 bridgehead atoms. The second-order valence-electron chi connectivity index (χ2n) is 6.10. The molecule has 0 radical (unpaired) electrons. The molecular weight excluding hydrogens is 282 g/mol. The average Bonchev–Trinajstić information content (AvgIpc) is 2.73. The van der Waals surface area contributed by atoms with E-state index in [0.717, 1.165) is 44.3 Å². The summed E-state index contributed by atoms with van der Waals surface area (Å²) in [4.78, 5) is 2.50. The van der Waals surface area contributed by atoms with E-state index in [1.165, 1.54) is 11.1 Å². The minimum Gasteiger partial charge on any atom is -0.380 e. The van der Waals surface area contributed by atoms with E-state index in [2.05, 4.69) is 37.5 Å². The predicted molar refractivity (Wildman–Crippen MR) is 90.0 cm³/mol. The van der Waals surface area contributed by atoms with Crippen LogP contribution in [0, 0.1) is 5.92 Å². The van der Waals surface area contributed by atoms with E-state index >= 15 is 0 Å². The van der Waals surface area contributed by atoms with Crippen LogP contribution in [-0.2, 0) is 4.74 Å². The van der Waals surface area contributed by atoms with Crippen molar-refractivity contribution in [2.75, 3.05) is 32.8 Å². The third kappa shape index (κ3) is 4.84. The smallest absolute Gasteiger partial charge is 0.0593 e. The molecule has 0 unspecified atom stereocenters. The van der Waals surface area contributed by atoms with E-state index in [0.29, 0.717) is 11.8 Å². The van der Waals surface area contributed by atoms with Gasteiger partial charge in [-0.25, -0.2) is 0 Å². The summed E-state index contributed by atoms with van der Waals surface area (Å²) >= 11 is 6.02. The van der Waals surface area contributed by atoms with E-state index in [9.17, 15) is 0 Å². The molecule has 0 aliphatic carbocycles. The third-order valence-corrected chi connectivity index (χ3v) is 4.47. The molecule has 1 atom stereocenters. The first-order valence-electron chi connectivity index (χ1n) is 7.82. The van der Waals surface area contributed by atoms with Gasteiger partial charge in [-0.2, -0.15) is 0 Å². The fourth-order valence-corrected chi connectivity index (χ4v) is 2.90. The molecule has 1 aliphatic rings. The summed E-state index contributed by atoms with van der Waals surface area (Å²) in [6, 6.07) is 8.22. The first-order chi connectivity index (χ1) is 10.1. The quantitative estimate of drug-likeness (QED) is 0.750. The number of ether oxygens (including phenoxy) is 1. The van der Waals surface area contributed by atoms with Gasteiger partial charge >= 0.3 is 0 Å². The predicted octanol–water partition coefficient (Wildman–Crippen LogP) is 4.36. The van der Waals surface area contributed by atoms with Crippen molar-refractivity contribution in [1.29, 1.82) is 0 Å². The number of nitrogens with zero attached hydrogens (tertiary/aromatic N) is 1. The molecule has 0 N–H and O–H groups in total. The van der Waals surface area contributed by atoms with Gasteiger partial charge in [0, 0.05) is 37.2 Å². The van der Waals surface area contributed by atoms with Gasteiger partial charge in [0.15, 0.2) is 0 Å². The molecule has 3 heteroatoms. The Hall–Kier alpha value is -0.830. The molecule has 1 aromatic carbocycles. The minimum atomic E-state index is 0.361. The summed E-state index contributed by atoms with van der Waals surface area (Å²) in [5, 5.41) is 0.788. The van der Waals surface area contributed by atoms with Gasteiger partial charge in [-0.05, 0) is 30.0 Å². The Morgan fingerprint density at radius 2 is 1.95 bits per heavy atom. The zero-order valence-corrected chi connectivity index (χ0v) is 13.9. The lowest BCUT2D eigenvalue weighted by Crippen LogP contribution is -2.32. The van der Waals surface area contributed by atoms with Crippen molar-refractivity contribution in [3.63, 3.8) is 0 Å². The van der Waals surface area contributed by atoms with Gasteiger partial charge in [0.2, 0.25) is 0 Å². The van der Waals surface area contributed by atoms with Gasteiger partial charge in [0.05, 0.1) is 6.61 Å². The Balaban J connectivity index is 2.15. The topological polar surface area (TPSA) is 12.5 Å². The molecule has 1 aliphatic heterocycles. The van der Waals surface area contributed by atoms with Crippen molar-refractivity contribution < 1.29 is 4.74 Å². The van der Waals surface area contributed by atoms with Crippen molar-refractivity contribution >= 4 is 11.6 Å². The number of benzene rings is 1. The van der Waals surface area contributed by atoms with Gasteiger partial charge in [-0.15, -0.1) is 0 Å². The molecule has 2 nitrogen and oxygen atoms in total. The fraction of sp³-hybridized carbons (Fsp3) is 0.556. The van der Waals surface area contributed by atoms with E-state index in [-0.39, 0.29) is 0 Å². The van der Waals surface area contributed by atoms with Crippen molar-refractivity contribution in [3.05, 3.63) is 47.0 Å². The van der Waals surface area contributed by atoms with E-state index in [1.54, 1.807) is 0 Å². The molecular formula is C18H26ClNO. The SMILES string of the molecule is C=C(C(C)C)[C@@H](CN1CCCOCC1)c1ccc(Cl)cc1. The van der Waals surface area contributed by atoms with Crippen molar-refractivity contribution in [3.8, 4) is 0 Å². The maximum absolute atomic E-state index is 6.02. The van der Waals surface area contributed by atoms with Crippen LogP contribution in [0.25, 0.3) is 0 Å². The Morgan fingerprint density at radius 1 is 1.24 bits per heavy atom. The van der Waals surface area contributed by atoms with E-state index in [1.807, 2.05) is 12.1 Å². The van der Waals surface area contributed by atoms with E-state index < -0.39 is 0 Å². The third-order valence-electron chi connectivity index (χ3n) is 4.22.